The van der Waals surface area contributed by atoms with E-state index in [9.17, 15) is 18.5 Å². The summed E-state index contributed by atoms with van der Waals surface area (Å²) in [6.45, 7) is 1.61. The van der Waals surface area contributed by atoms with Crippen LogP contribution < -0.4 is 5.73 Å². The number of nitrogens with zero attached hydrogens (tertiary/aromatic N) is 1. The third kappa shape index (κ3) is 3.50. The lowest BCUT2D eigenvalue weighted by molar-refractivity contribution is -0.384. The fraction of sp³-hybridized carbons (Fsp3) is 0.400. The molecule has 0 aromatic heterocycles. The Bertz CT molecular complexity index is 496. The molecular formula is C10H14N2O4S. The molecule has 0 aliphatic rings. The van der Waals surface area contributed by atoms with E-state index in [-0.39, 0.29) is 18.0 Å². The van der Waals surface area contributed by atoms with Gasteiger partial charge in [-0.25, -0.2) is 8.42 Å². The molecule has 1 atom stereocenters. The van der Waals surface area contributed by atoms with E-state index < -0.39 is 20.0 Å². The quantitative estimate of drug-likeness (QED) is 0.623. The van der Waals surface area contributed by atoms with E-state index in [2.05, 4.69) is 0 Å². The van der Waals surface area contributed by atoms with Gasteiger partial charge in [0.1, 0.15) is 0 Å². The Hall–Kier alpha value is -1.47. The molecule has 0 spiro atoms. The number of hydrogen-bond acceptors (Lipinski definition) is 5. The Morgan fingerprint density at radius 2 is 1.88 bits per heavy atom. The molecule has 0 aliphatic heterocycles. The van der Waals surface area contributed by atoms with Crippen LogP contribution in [0.2, 0.25) is 0 Å². The summed E-state index contributed by atoms with van der Waals surface area (Å²) in [5.41, 5.74) is 5.77. The standard InChI is InChI=1S/C10H14N2O4S/c1-8(6-11)17(15,16)7-9-2-4-10(5-3-9)12(13)14/h2-5,8H,6-7,11H2,1H3. The van der Waals surface area contributed by atoms with Crippen LogP contribution in [0.1, 0.15) is 12.5 Å². The van der Waals surface area contributed by atoms with Crippen molar-refractivity contribution in [2.24, 2.45) is 5.73 Å². The van der Waals surface area contributed by atoms with E-state index in [4.69, 9.17) is 5.73 Å². The molecule has 1 aromatic rings. The van der Waals surface area contributed by atoms with Crippen LogP contribution in [0.5, 0.6) is 0 Å². The molecule has 6 nitrogen and oxygen atoms in total. The summed E-state index contributed by atoms with van der Waals surface area (Å²) >= 11 is 0. The molecule has 0 bridgehead atoms. The first-order chi connectivity index (χ1) is 7.86. The number of nitro groups is 1. The monoisotopic (exact) mass is 258 g/mol. The molecule has 0 saturated carbocycles. The molecule has 0 amide bonds. The second-order valence-electron chi connectivity index (χ2n) is 3.78. The van der Waals surface area contributed by atoms with Gasteiger partial charge in [-0.15, -0.1) is 0 Å². The minimum absolute atomic E-state index is 0.0574. The van der Waals surface area contributed by atoms with Crippen molar-refractivity contribution in [1.82, 2.24) is 0 Å². The van der Waals surface area contributed by atoms with Crippen molar-refractivity contribution in [1.29, 1.82) is 0 Å². The maximum absolute atomic E-state index is 11.7. The molecule has 0 fully saturated rings. The minimum Gasteiger partial charge on any atom is -0.329 e. The van der Waals surface area contributed by atoms with E-state index >= 15 is 0 Å². The number of hydrogen-bond donors (Lipinski definition) is 1. The van der Waals surface area contributed by atoms with Gasteiger partial charge in [-0.3, -0.25) is 10.1 Å². The predicted octanol–water partition coefficient (Wildman–Crippen LogP) is 0.857. The van der Waals surface area contributed by atoms with Gasteiger partial charge in [0, 0.05) is 18.7 Å². The molecule has 1 rings (SSSR count). The summed E-state index contributed by atoms with van der Waals surface area (Å²) < 4.78 is 23.5. The van der Waals surface area contributed by atoms with E-state index in [0.717, 1.165) is 0 Å². The van der Waals surface area contributed by atoms with Gasteiger partial charge < -0.3 is 5.73 Å². The number of benzene rings is 1. The third-order valence-electron chi connectivity index (χ3n) is 2.46. The zero-order valence-electron chi connectivity index (χ0n) is 9.37. The van der Waals surface area contributed by atoms with Gasteiger partial charge in [-0.2, -0.15) is 0 Å². The zero-order valence-corrected chi connectivity index (χ0v) is 10.2. The van der Waals surface area contributed by atoms with Crippen LogP contribution in [0.15, 0.2) is 24.3 Å². The van der Waals surface area contributed by atoms with Gasteiger partial charge in [0.05, 0.1) is 15.9 Å². The highest BCUT2D eigenvalue weighted by Gasteiger charge is 2.20. The average Bonchev–Trinajstić information content (AvgIpc) is 2.28. The molecule has 0 radical (unpaired) electrons. The van der Waals surface area contributed by atoms with Crippen molar-refractivity contribution in [3.8, 4) is 0 Å². The zero-order chi connectivity index (χ0) is 13.1. The fourth-order valence-electron chi connectivity index (χ4n) is 1.24. The second kappa shape index (κ2) is 5.24. The smallest absolute Gasteiger partial charge is 0.269 e. The van der Waals surface area contributed by atoms with Crippen molar-refractivity contribution in [2.45, 2.75) is 17.9 Å². The summed E-state index contributed by atoms with van der Waals surface area (Å²) in [6.07, 6.45) is 0. The molecule has 7 heteroatoms. The van der Waals surface area contributed by atoms with Crippen LogP contribution in [-0.4, -0.2) is 25.1 Å². The van der Waals surface area contributed by atoms with Crippen molar-refractivity contribution >= 4 is 15.5 Å². The molecule has 94 valence electrons. The minimum atomic E-state index is -3.29. The summed E-state index contributed by atoms with van der Waals surface area (Å²) in [7, 11) is -3.29. The van der Waals surface area contributed by atoms with Crippen molar-refractivity contribution < 1.29 is 13.3 Å². The number of non-ortho nitro benzene ring substituents is 1. The predicted molar refractivity (Wildman–Crippen MR) is 64.2 cm³/mol. The van der Waals surface area contributed by atoms with Gasteiger partial charge in [-0.05, 0) is 12.5 Å². The summed E-state index contributed by atoms with van der Waals surface area (Å²) in [5.74, 6) is -0.149. The normalized spacial score (nSPS) is 13.3. The molecule has 0 aliphatic carbocycles. The Morgan fingerprint density at radius 1 is 1.35 bits per heavy atom. The van der Waals surface area contributed by atoms with Gasteiger partial charge in [0.15, 0.2) is 9.84 Å². The van der Waals surface area contributed by atoms with Crippen LogP contribution >= 0.6 is 0 Å². The maximum Gasteiger partial charge on any atom is 0.269 e. The maximum atomic E-state index is 11.7. The Labute approximate surface area is 99.5 Å². The van der Waals surface area contributed by atoms with Crippen molar-refractivity contribution in [3.63, 3.8) is 0 Å². The van der Waals surface area contributed by atoms with E-state index in [1.165, 1.54) is 24.3 Å². The van der Waals surface area contributed by atoms with E-state index in [1.54, 1.807) is 6.92 Å². The van der Waals surface area contributed by atoms with Gasteiger partial charge >= 0.3 is 0 Å². The van der Waals surface area contributed by atoms with E-state index in [0.29, 0.717) is 5.56 Å². The Balaban J connectivity index is 2.86. The highest BCUT2D eigenvalue weighted by Crippen LogP contribution is 2.15. The number of nitrogens with two attached hydrogens (primary N) is 1. The lowest BCUT2D eigenvalue weighted by Gasteiger charge is -2.10. The molecule has 1 aromatic carbocycles. The topological polar surface area (TPSA) is 103 Å². The van der Waals surface area contributed by atoms with Crippen LogP contribution in [0.25, 0.3) is 0 Å². The lowest BCUT2D eigenvalue weighted by atomic mass is 10.2. The van der Waals surface area contributed by atoms with Crippen molar-refractivity contribution in [3.05, 3.63) is 39.9 Å². The van der Waals surface area contributed by atoms with Crippen LogP contribution in [0, 0.1) is 10.1 Å². The van der Waals surface area contributed by atoms with Gasteiger partial charge in [0.2, 0.25) is 0 Å². The fourth-order valence-corrected chi connectivity index (χ4v) is 2.47. The highest BCUT2D eigenvalue weighted by atomic mass is 32.2. The molecular weight excluding hydrogens is 244 g/mol. The largest absolute Gasteiger partial charge is 0.329 e. The molecule has 1 unspecified atom stereocenters. The van der Waals surface area contributed by atoms with Gasteiger partial charge in [-0.1, -0.05) is 12.1 Å². The molecule has 0 saturated heterocycles. The Morgan fingerprint density at radius 3 is 2.29 bits per heavy atom. The summed E-state index contributed by atoms with van der Waals surface area (Å²) in [6, 6.07) is 5.47. The van der Waals surface area contributed by atoms with Gasteiger partial charge in [0.25, 0.3) is 5.69 Å². The van der Waals surface area contributed by atoms with E-state index in [1.807, 2.05) is 0 Å². The second-order valence-corrected chi connectivity index (χ2v) is 6.20. The first kappa shape index (κ1) is 13.6. The summed E-state index contributed by atoms with van der Waals surface area (Å²) in [4.78, 5) is 9.90. The Kier molecular flexibility index (Phi) is 4.19. The van der Waals surface area contributed by atoms with Crippen LogP contribution in [0.3, 0.4) is 0 Å². The lowest BCUT2D eigenvalue weighted by Crippen LogP contribution is -2.27. The van der Waals surface area contributed by atoms with Crippen LogP contribution in [0.4, 0.5) is 5.69 Å². The van der Waals surface area contributed by atoms with Crippen LogP contribution in [-0.2, 0) is 15.6 Å². The number of sulfone groups is 1. The molecule has 2 N–H and O–H groups in total. The first-order valence-corrected chi connectivity index (χ1v) is 6.73. The number of rotatable bonds is 5. The number of nitro benzene ring substituents is 1. The first-order valence-electron chi connectivity index (χ1n) is 5.02. The third-order valence-corrected chi connectivity index (χ3v) is 4.61. The highest BCUT2D eigenvalue weighted by molar-refractivity contribution is 7.91. The summed E-state index contributed by atoms with van der Waals surface area (Å²) in [5, 5.41) is 9.81. The molecule has 17 heavy (non-hydrogen) atoms. The van der Waals surface area contributed by atoms with Crippen molar-refractivity contribution in [2.75, 3.05) is 6.54 Å². The molecule has 0 heterocycles. The average molecular weight is 258 g/mol. The SMILES string of the molecule is CC(CN)S(=O)(=O)Cc1ccc([N+](=O)[O-])cc1.